The van der Waals surface area contributed by atoms with Gasteiger partial charge in [-0.2, -0.15) is 0 Å². The van der Waals surface area contributed by atoms with Gasteiger partial charge >= 0.3 is 0 Å². The molecule has 0 aliphatic rings. The minimum Gasteiger partial charge on any atom is -0.394 e. The van der Waals surface area contributed by atoms with Crippen LogP contribution in [0, 0.1) is 10.1 Å². The molecule has 1 aromatic rings. The second kappa shape index (κ2) is 4.57. The Morgan fingerprint density at radius 1 is 1.50 bits per heavy atom. The summed E-state index contributed by atoms with van der Waals surface area (Å²) in [4.78, 5) is 9.89. The van der Waals surface area contributed by atoms with Crippen molar-refractivity contribution in [1.82, 2.24) is 0 Å². The second-order valence-corrected chi connectivity index (χ2v) is 3.03. The smallest absolute Gasteiger partial charge is 0.269 e. The van der Waals surface area contributed by atoms with Crippen LogP contribution >= 0.6 is 0 Å². The van der Waals surface area contributed by atoms with Crippen LogP contribution in [0.1, 0.15) is 6.92 Å². The van der Waals surface area contributed by atoms with Gasteiger partial charge in [0.1, 0.15) is 0 Å². The summed E-state index contributed by atoms with van der Waals surface area (Å²) in [6, 6.07) is 6.02. The third-order valence-electron chi connectivity index (χ3n) is 1.77. The lowest BCUT2D eigenvalue weighted by atomic mass is 10.2. The quantitative estimate of drug-likeness (QED) is 0.563. The SMILES string of the molecule is C[C@@H](CO)Nc1ccc([N+](=O)[O-])cc1. The maximum absolute atomic E-state index is 10.3. The van der Waals surface area contributed by atoms with E-state index in [4.69, 9.17) is 5.11 Å². The summed E-state index contributed by atoms with van der Waals surface area (Å²) < 4.78 is 0. The predicted molar refractivity (Wildman–Crippen MR) is 53.3 cm³/mol. The van der Waals surface area contributed by atoms with Gasteiger partial charge in [-0.1, -0.05) is 0 Å². The van der Waals surface area contributed by atoms with Gasteiger partial charge in [-0.3, -0.25) is 10.1 Å². The van der Waals surface area contributed by atoms with Gasteiger partial charge < -0.3 is 10.4 Å². The molecule has 0 amide bonds. The molecule has 0 aliphatic carbocycles. The zero-order chi connectivity index (χ0) is 10.6. The van der Waals surface area contributed by atoms with Crippen molar-refractivity contribution >= 4 is 11.4 Å². The number of hydrogen-bond acceptors (Lipinski definition) is 4. The molecule has 0 saturated heterocycles. The number of aliphatic hydroxyl groups is 1. The van der Waals surface area contributed by atoms with Gasteiger partial charge in [-0.15, -0.1) is 0 Å². The summed E-state index contributed by atoms with van der Waals surface area (Å²) in [6.45, 7) is 1.85. The third kappa shape index (κ3) is 2.70. The van der Waals surface area contributed by atoms with Crippen LogP contribution in [0.5, 0.6) is 0 Å². The number of nitro benzene ring substituents is 1. The summed E-state index contributed by atoms with van der Waals surface area (Å²) >= 11 is 0. The van der Waals surface area contributed by atoms with Gasteiger partial charge in [-0.05, 0) is 19.1 Å². The molecule has 1 aromatic carbocycles. The van der Waals surface area contributed by atoms with E-state index in [0.29, 0.717) is 0 Å². The molecule has 0 heterocycles. The van der Waals surface area contributed by atoms with Gasteiger partial charge in [0.15, 0.2) is 0 Å². The molecule has 0 aliphatic heterocycles. The van der Waals surface area contributed by atoms with E-state index in [0.717, 1.165) is 5.69 Å². The molecular weight excluding hydrogens is 184 g/mol. The van der Waals surface area contributed by atoms with Gasteiger partial charge in [0.05, 0.1) is 11.5 Å². The van der Waals surface area contributed by atoms with E-state index in [1.54, 1.807) is 12.1 Å². The highest BCUT2D eigenvalue weighted by Crippen LogP contribution is 2.15. The Hall–Kier alpha value is -1.62. The molecule has 1 rings (SSSR count). The fourth-order valence-corrected chi connectivity index (χ4v) is 1.01. The lowest BCUT2D eigenvalue weighted by molar-refractivity contribution is -0.384. The lowest BCUT2D eigenvalue weighted by Crippen LogP contribution is -2.19. The number of rotatable bonds is 4. The number of nitrogens with one attached hydrogen (secondary N) is 1. The molecule has 0 spiro atoms. The van der Waals surface area contributed by atoms with Gasteiger partial charge in [-0.25, -0.2) is 0 Å². The zero-order valence-corrected chi connectivity index (χ0v) is 7.80. The van der Waals surface area contributed by atoms with Crippen molar-refractivity contribution < 1.29 is 10.0 Å². The monoisotopic (exact) mass is 196 g/mol. The van der Waals surface area contributed by atoms with E-state index in [1.165, 1.54) is 12.1 Å². The number of anilines is 1. The summed E-state index contributed by atoms with van der Waals surface area (Å²) in [7, 11) is 0. The normalized spacial score (nSPS) is 12.1. The van der Waals surface area contributed by atoms with Crippen LogP contribution in [0.4, 0.5) is 11.4 Å². The van der Waals surface area contributed by atoms with Crippen molar-refractivity contribution in [2.24, 2.45) is 0 Å². The van der Waals surface area contributed by atoms with Crippen LogP contribution in [0.25, 0.3) is 0 Å². The van der Waals surface area contributed by atoms with Crippen molar-refractivity contribution in [2.45, 2.75) is 13.0 Å². The highest BCUT2D eigenvalue weighted by Gasteiger charge is 2.04. The minimum absolute atomic E-state index is 0.0248. The van der Waals surface area contributed by atoms with Crippen molar-refractivity contribution in [3.63, 3.8) is 0 Å². The van der Waals surface area contributed by atoms with E-state index in [2.05, 4.69) is 5.32 Å². The molecule has 0 radical (unpaired) electrons. The maximum Gasteiger partial charge on any atom is 0.269 e. The van der Waals surface area contributed by atoms with Crippen molar-refractivity contribution in [3.8, 4) is 0 Å². The molecule has 0 saturated carbocycles. The Morgan fingerprint density at radius 2 is 2.07 bits per heavy atom. The summed E-state index contributed by atoms with van der Waals surface area (Å²) in [5.41, 5.74) is 0.823. The van der Waals surface area contributed by atoms with Crippen molar-refractivity contribution in [1.29, 1.82) is 0 Å². The largest absolute Gasteiger partial charge is 0.394 e. The Kier molecular flexibility index (Phi) is 3.41. The first-order valence-electron chi connectivity index (χ1n) is 4.25. The van der Waals surface area contributed by atoms with Crippen LogP contribution in [0.15, 0.2) is 24.3 Å². The fourth-order valence-electron chi connectivity index (χ4n) is 1.01. The molecule has 1 atom stereocenters. The summed E-state index contributed by atoms with van der Waals surface area (Å²) in [5.74, 6) is 0. The summed E-state index contributed by atoms with van der Waals surface area (Å²) in [6.07, 6.45) is 0. The van der Waals surface area contributed by atoms with E-state index in [9.17, 15) is 10.1 Å². The van der Waals surface area contributed by atoms with Crippen LogP contribution < -0.4 is 5.32 Å². The maximum atomic E-state index is 10.3. The number of non-ortho nitro benzene ring substituents is 1. The van der Waals surface area contributed by atoms with E-state index in [-0.39, 0.29) is 18.3 Å². The lowest BCUT2D eigenvalue weighted by Gasteiger charge is -2.11. The molecule has 14 heavy (non-hydrogen) atoms. The number of nitro groups is 1. The van der Waals surface area contributed by atoms with Crippen LogP contribution in [0.2, 0.25) is 0 Å². The number of hydrogen-bond donors (Lipinski definition) is 2. The van der Waals surface area contributed by atoms with Crippen LogP contribution in [-0.2, 0) is 0 Å². The predicted octanol–water partition coefficient (Wildman–Crippen LogP) is 1.39. The molecule has 0 unspecified atom stereocenters. The molecule has 0 aromatic heterocycles. The Balaban J connectivity index is 2.68. The van der Waals surface area contributed by atoms with Crippen LogP contribution in [0.3, 0.4) is 0 Å². The highest BCUT2D eigenvalue weighted by molar-refractivity contribution is 5.48. The van der Waals surface area contributed by atoms with Crippen molar-refractivity contribution in [3.05, 3.63) is 34.4 Å². The van der Waals surface area contributed by atoms with E-state index in [1.807, 2.05) is 6.92 Å². The molecule has 5 heteroatoms. The second-order valence-electron chi connectivity index (χ2n) is 3.03. The molecule has 76 valence electrons. The average Bonchev–Trinajstić information content (AvgIpc) is 2.18. The number of aliphatic hydroxyl groups excluding tert-OH is 1. The first-order valence-corrected chi connectivity index (χ1v) is 4.25. The topological polar surface area (TPSA) is 75.4 Å². The molecular formula is C9H12N2O3. The molecule has 5 nitrogen and oxygen atoms in total. The first-order chi connectivity index (χ1) is 6.63. The van der Waals surface area contributed by atoms with Gasteiger partial charge in [0, 0.05) is 23.9 Å². The summed E-state index contributed by atoms with van der Waals surface area (Å²) in [5, 5.41) is 22.1. The standard InChI is InChI=1S/C9H12N2O3/c1-7(6-12)10-8-2-4-9(5-3-8)11(13)14/h2-5,7,10,12H,6H2,1H3/t7-/m0/s1. The molecule has 0 fully saturated rings. The third-order valence-corrected chi connectivity index (χ3v) is 1.77. The first kappa shape index (κ1) is 10.5. The number of benzene rings is 1. The van der Waals surface area contributed by atoms with E-state index < -0.39 is 4.92 Å². The molecule has 0 bridgehead atoms. The minimum atomic E-state index is -0.445. The van der Waals surface area contributed by atoms with Crippen LogP contribution in [-0.4, -0.2) is 22.7 Å². The Bertz CT molecular complexity index is 310. The Labute approximate surface area is 81.5 Å². The average molecular weight is 196 g/mol. The molecule has 2 N–H and O–H groups in total. The highest BCUT2D eigenvalue weighted by atomic mass is 16.6. The number of nitrogens with zero attached hydrogens (tertiary/aromatic N) is 1. The fraction of sp³-hybridized carbons (Fsp3) is 0.333. The van der Waals surface area contributed by atoms with E-state index >= 15 is 0 Å². The van der Waals surface area contributed by atoms with Gasteiger partial charge in [0.25, 0.3) is 5.69 Å². The van der Waals surface area contributed by atoms with Crippen molar-refractivity contribution in [2.75, 3.05) is 11.9 Å². The Morgan fingerprint density at radius 3 is 2.50 bits per heavy atom. The van der Waals surface area contributed by atoms with Gasteiger partial charge in [0.2, 0.25) is 0 Å². The zero-order valence-electron chi connectivity index (χ0n) is 7.80.